The van der Waals surface area contributed by atoms with Crippen molar-refractivity contribution in [2.75, 3.05) is 26.7 Å². The van der Waals surface area contributed by atoms with Gasteiger partial charge in [0.05, 0.1) is 11.5 Å². The summed E-state index contributed by atoms with van der Waals surface area (Å²) in [6, 6.07) is 6.95. The highest BCUT2D eigenvalue weighted by atomic mass is 32.2. The van der Waals surface area contributed by atoms with Crippen molar-refractivity contribution in [2.45, 2.75) is 30.7 Å². The summed E-state index contributed by atoms with van der Waals surface area (Å²) in [6.07, 6.45) is 1.90. The summed E-state index contributed by atoms with van der Waals surface area (Å²) < 4.78 is 32.2. The molecule has 20 heavy (non-hydrogen) atoms. The summed E-state index contributed by atoms with van der Waals surface area (Å²) in [4.78, 5) is 0.306. The number of nitrogens with one attached hydrogen (secondary N) is 1. The molecule has 1 aromatic rings. The summed E-state index contributed by atoms with van der Waals surface area (Å²) >= 11 is 0. The molecule has 0 radical (unpaired) electrons. The van der Waals surface area contributed by atoms with Crippen LogP contribution in [0, 0.1) is 0 Å². The van der Waals surface area contributed by atoms with Gasteiger partial charge in [-0.05, 0) is 38.9 Å². The zero-order valence-corrected chi connectivity index (χ0v) is 12.8. The number of likely N-dealkylation sites (N-methyl/N-ethyl adjacent to an activating group) is 1. The van der Waals surface area contributed by atoms with E-state index in [-0.39, 0.29) is 6.04 Å². The smallest absolute Gasteiger partial charge is 0.243 e. The van der Waals surface area contributed by atoms with Gasteiger partial charge in [-0.25, -0.2) is 8.42 Å². The minimum Gasteiger partial charge on any atom is -0.494 e. The van der Waals surface area contributed by atoms with E-state index in [1.165, 1.54) is 0 Å². The third-order valence-electron chi connectivity index (χ3n) is 3.55. The molecule has 0 aromatic heterocycles. The van der Waals surface area contributed by atoms with Crippen molar-refractivity contribution >= 4 is 10.0 Å². The van der Waals surface area contributed by atoms with E-state index in [0.717, 1.165) is 12.8 Å². The Morgan fingerprint density at radius 1 is 1.45 bits per heavy atom. The number of sulfonamides is 1. The predicted molar refractivity (Wildman–Crippen MR) is 78.5 cm³/mol. The normalized spacial score (nSPS) is 20.8. The Morgan fingerprint density at radius 3 is 2.95 bits per heavy atom. The average Bonchev–Trinajstić information content (AvgIpc) is 2.48. The van der Waals surface area contributed by atoms with Gasteiger partial charge in [-0.3, -0.25) is 0 Å². The molecular formula is C14H22N2O3S. The SMILES string of the molecule is CCOc1cccc(S(=O)(=O)N2CCCC(NC)C2)c1. The van der Waals surface area contributed by atoms with E-state index in [0.29, 0.717) is 30.3 Å². The minimum absolute atomic E-state index is 0.230. The zero-order chi connectivity index (χ0) is 14.6. The van der Waals surface area contributed by atoms with E-state index in [1.54, 1.807) is 28.6 Å². The van der Waals surface area contributed by atoms with Crippen molar-refractivity contribution < 1.29 is 13.2 Å². The Hall–Kier alpha value is -1.11. The summed E-state index contributed by atoms with van der Waals surface area (Å²) in [6.45, 7) is 3.51. The van der Waals surface area contributed by atoms with Gasteiger partial charge in [0.15, 0.2) is 0 Å². The van der Waals surface area contributed by atoms with Crippen LogP contribution in [0.5, 0.6) is 5.75 Å². The number of piperidine rings is 1. The van der Waals surface area contributed by atoms with Crippen LogP contribution >= 0.6 is 0 Å². The fourth-order valence-electron chi connectivity index (χ4n) is 2.44. The molecule has 1 saturated heterocycles. The van der Waals surface area contributed by atoms with Crippen LogP contribution in [0.25, 0.3) is 0 Å². The van der Waals surface area contributed by atoms with Crippen molar-refractivity contribution in [1.82, 2.24) is 9.62 Å². The highest BCUT2D eigenvalue weighted by Crippen LogP contribution is 2.23. The number of ether oxygens (including phenoxy) is 1. The molecule has 0 bridgehead atoms. The van der Waals surface area contributed by atoms with E-state index in [4.69, 9.17) is 4.74 Å². The first-order chi connectivity index (χ1) is 9.57. The van der Waals surface area contributed by atoms with Crippen LogP contribution in [-0.4, -0.2) is 45.5 Å². The number of hydrogen-bond acceptors (Lipinski definition) is 4. The lowest BCUT2D eigenvalue weighted by atomic mass is 10.1. The molecule has 0 saturated carbocycles. The second kappa shape index (κ2) is 6.56. The van der Waals surface area contributed by atoms with Gasteiger partial charge < -0.3 is 10.1 Å². The molecule has 112 valence electrons. The molecule has 0 aliphatic carbocycles. The molecular weight excluding hydrogens is 276 g/mol. The van der Waals surface area contributed by atoms with E-state index in [9.17, 15) is 8.42 Å². The van der Waals surface area contributed by atoms with E-state index in [1.807, 2.05) is 14.0 Å². The van der Waals surface area contributed by atoms with E-state index < -0.39 is 10.0 Å². The molecule has 1 aliphatic rings. The lowest BCUT2D eigenvalue weighted by molar-refractivity contribution is 0.292. The average molecular weight is 298 g/mol. The van der Waals surface area contributed by atoms with Gasteiger partial charge in [0.2, 0.25) is 10.0 Å². The summed E-state index contributed by atoms with van der Waals surface area (Å²) in [5.41, 5.74) is 0. The number of hydrogen-bond donors (Lipinski definition) is 1. The van der Waals surface area contributed by atoms with Crippen LogP contribution in [0.4, 0.5) is 0 Å². The predicted octanol–water partition coefficient (Wildman–Crippen LogP) is 1.46. The Balaban J connectivity index is 2.23. The van der Waals surface area contributed by atoms with Crippen LogP contribution < -0.4 is 10.1 Å². The lowest BCUT2D eigenvalue weighted by Crippen LogP contribution is -2.46. The minimum atomic E-state index is -3.43. The maximum atomic E-state index is 12.6. The topological polar surface area (TPSA) is 58.6 Å². The highest BCUT2D eigenvalue weighted by Gasteiger charge is 2.29. The third kappa shape index (κ3) is 3.31. The molecule has 0 amide bonds. The van der Waals surface area contributed by atoms with Crippen molar-refractivity contribution in [3.05, 3.63) is 24.3 Å². The third-order valence-corrected chi connectivity index (χ3v) is 5.41. The highest BCUT2D eigenvalue weighted by molar-refractivity contribution is 7.89. The van der Waals surface area contributed by atoms with Gasteiger partial charge in [-0.1, -0.05) is 6.07 Å². The second-order valence-electron chi connectivity index (χ2n) is 4.90. The van der Waals surface area contributed by atoms with Crippen molar-refractivity contribution in [2.24, 2.45) is 0 Å². The van der Waals surface area contributed by atoms with E-state index in [2.05, 4.69) is 5.32 Å². The number of benzene rings is 1. The molecule has 1 N–H and O–H groups in total. The molecule has 0 spiro atoms. The molecule has 6 heteroatoms. The van der Waals surface area contributed by atoms with Gasteiger partial charge in [-0.2, -0.15) is 4.31 Å². The van der Waals surface area contributed by atoms with Crippen molar-refractivity contribution in [3.8, 4) is 5.75 Å². The van der Waals surface area contributed by atoms with Gasteiger partial charge >= 0.3 is 0 Å². The van der Waals surface area contributed by atoms with Crippen LogP contribution in [-0.2, 0) is 10.0 Å². The molecule has 1 aliphatic heterocycles. The van der Waals surface area contributed by atoms with Crippen molar-refractivity contribution in [1.29, 1.82) is 0 Å². The second-order valence-corrected chi connectivity index (χ2v) is 6.84. The van der Waals surface area contributed by atoms with Crippen LogP contribution in [0.2, 0.25) is 0 Å². The van der Waals surface area contributed by atoms with E-state index >= 15 is 0 Å². The lowest BCUT2D eigenvalue weighted by Gasteiger charge is -2.31. The Labute approximate surface area is 121 Å². The number of nitrogens with zero attached hydrogens (tertiary/aromatic N) is 1. The molecule has 1 fully saturated rings. The van der Waals surface area contributed by atoms with Crippen LogP contribution in [0.1, 0.15) is 19.8 Å². The van der Waals surface area contributed by atoms with Gasteiger partial charge in [0.1, 0.15) is 5.75 Å². The molecule has 1 unspecified atom stereocenters. The molecule has 1 atom stereocenters. The largest absolute Gasteiger partial charge is 0.494 e. The fourth-order valence-corrected chi connectivity index (χ4v) is 4.00. The summed E-state index contributed by atoms with van der Waals surface area (Å²) in [5.74, 6) is 0.593. The zero-order valence-electron chi connectivity index (χ0n) is 12.0. The Kier molecular flexibility index (Phi) is 5.01. The van der Waals surface area contributed by atoms with Gasteiger partial charge in [-0.15, -0.1) is 0 Å². The monoisotopic (exact) mass is 298 g/mol. The molecule has 5 nitrogen and oxygen atoms in total. The maximum Gasteiger partial charge on any atom is 0.243 e. The number of rotatable bonds is 5. The standard InChI is InChI=1S/C14H22N2O3S/c1-3-19-13-7-4-8-14(10-13)20(17,18)16-9-5-6-12(11-16)15-2/h4,7-8,10,12,15H,3,5-6,9,11H2,1-2H3. The first-order valence-electron chi connectivity index (χ1n) is 6.98. The van der Waals surface area contributed by atoms with Gasteiger partial charge in [0, 0.05) is 25.2 Å². The van der Waals surface area contributed by atoms with Crippen LogP contribution in [0.3, 0.4) is 0 Å². The fraction of sp³-hybridized carbons (Fsp3) is 0.571. The molecule has 1 aromatic carbocycles. The maximum absolute atomic E-state index is 12.6. The van der Waals surface area contributed by atoms with Gasteiger partial charge in [0.25, 0.3) is 0 Å². The molecule has 2 rings (SSSR count). The Bertz CT molecular complexity index is 545. The summed E-state index contributed by atoms with van der Waals surface area (Å²) in [7, 11) is -1.56. The van der Waals surface area contributed by atoms with Crippen molar-refractivity contribution in [3.63, 3.8) is 0 Å². The quantitative estimate of drug-likeness (QED) is 0.894. The molecule has 1 heterocycles. The first kappa shape index (κ1) is 15.3. The first-order valence-corrected chi connectivity index (χ1v) is 8.42. The Morgan fingerprint density at radius 2 is 2.25 bits per heavy atom. The van der Waals surface area contributed by atoms with Crippen LogP contribution in [0.15, 0.2) is 29.2 Å². The summed E-state index contributed by atoms with van der Waals surface area (Å²) in [5, 5.41) is 3.16.